The van der Waals surface area contributed by atoms with Crippen LogP contribution in [-0.2, 0) is 9.59 Å². The maximum Gasteiger partial charge on any atom is 0.301 e. The van der Waals surface area contributed by atoms with Crippen molar-refractivity contribution in [3.8, 4) is 0 Å². The Bertz CT molecular complexity index is 1260. The minimum absolute atomic E-state index is 0.155. The van der Waals surface area contributed by atoms with Gasteiger partial charge in [0.2, 0.25) is 0 Å². The van der Waals surface area contributed by atoms with Gasteiger partial charge in [-0.1, -0.05) is 0 Å². The van der Waals surface area contributed by atoms with Crippen molar-refractivity contribution in [1.82, 2.24) is 4.98 Å². The summed E-state index contributed by atoms with van der Waals surface area (Å²) in [5.41, 5.74) is 0.853. The van der Waals surface area contributed by atoms with Gasteiger partial charge in [-0.2, -0.15) is 0 Å². The van der Waals surface area contributed by atoms with Crippen LogP contribution in [0, 0.1) is 29.8 Å². The average molecular weight is 453 g/mol. The van der Waals surface area contributed by atoms with Gasteiger partial charge in [-0.25, -0.2) is 9.37 Å². The van der Waals surface area contributed by atoms with E-state index in [1.165, 1.54) is 52.6 Å². The second kappa shape index (κ2) is 7.97. The lowest BCUT2D eigenvalue weighted by Crippen LogP contribution is -2.29. The van der Waals surface area contributed by atoms with E-state index in [0.717, 1.165) is 17.0 Å². The van der Waals surface area contributed by atoms with E-state index >= 15 is 0 Å². The molecular formula is C22H16FN3O5S. The molecule has 1 amide bonds. The van der Waals surface area contributed by atoms with Crippen LogP contribution in [0.4, 0.5) is 15.2 Å². The Labute approximate surface area is 185 Å². The number of halogens is 1. The number of Topliss-reactive ketones (excluding diaryl/α,β-unsaturated/α-hetero) is 1. The zero-order chi connectivity index (χ0) is 23.2. The molecule has 162 valence electrons. The molecule has 1 aliphatic heterocycles. The first kappa shape index (κ1) is 21.3. The van der Waals surface area contributed by atoms with E-state index in [-0.39, 0.29) is 22.0 Å². The van der Waals surface area contributed by atoms with Gasteiger partial charge < -0.3 is 5.11 Å². The number of aryl methyl sites for hydroxylation is 2. The molecule has 0 radical (unpaired) electrons. The summed E-state index contributed by atoms with van der Waals surface area (Å²) in [6.07, 6.45) is 0. The summed E-state index contributed by atoms with van der Waals surface area (Å²) in [7, 11) is 0. The molecule has 4 rings (SSSR count). The summed E-state index contributed by atoms with van der Waals surface area (Å²) in [5.74, 6) is -2.81. The van der Waals surface area contributed by atoms with Gasteiger partial charge in [-0.15, -0.1) is 11.3 Å². The highest BCUT2D eigenvalue weighted by atomic mass is 32.1. The minimum atomic E-state index is -1.06. The number of thiazole rings is 1. The molecule has 0 bridgehead atoms. The van der Waals surface area contributed by atoms with E-state index in [1.54, 1.807) is 6.92 Å². The minimum Gasteiger partial charge on any atom is -0.507 e. The maximum absolute atomic E-state index is 13.3. The number of ketones is 1. The van der Waals surface area contributed by atoms with Gasteiger partial charge in [0.05, 0.1) is 22.2 Å². The van der Waals surface area contributed by atoms with E-state index in [4.69, 9.17) is 0 Å². The molecular weight excluding hydrogens is 437 g/mol. The summed E-state index contributed by atoms with van der Waals surface area (Å²) >= 11 is 1.22. The molecule has 3 aromatic rings. The van der Waals surface area contributed by atoms with Crippen LogP contribution in [0.5, 0.6) is 0 Å². The highest BCUT2D eigenvalue weighted by molar-refractivity contribution is 7.16. The Morgan fingerprint density at radius 3 is 2.28 bits per heavy atom. The number of carbonyl (C=O) groups excluding carboxylic acids is 2. The molecule has 0 saturated carbocycles. The van der Waals surface area contributed by atoms with Crippen LogP contribution in [0.3, 0.4) is 0 Å². The lowest BCUT2D eigenvalue weighted by molar-refractivity contribution is -0.384. The normalized spacial score (nSPS) is 17.7. The van der Waals surface area contributed by atoms with E-state index < -0.39 is 34.2 Å². The predicted molar refractivity (Wildman–Crippen MR) is 116 cm³/mol. The van der Waals surface area contributed by atoms with Gasteiger partial charge in [-0.3, -0.25) is 24.6 Å². The summed E-state index contributed by atoms with van der Waals surface area (Å²) < 4.78 is 13.3. The lowest BCUT2D eigenvalue weighted by Gasteiger charge is -2.23. The van der Waals surface area contributed by atoms with Crippen molar-refractivity contribution in [2.45, 2.75) is 19.9 Å². The van der Waals surface area contributed by atoms with Gasteiger partial charge >= 0.3 is 5.91 Å². The summed E-state index contributed by atoms with van der Waals surface area (Å²) in [4.78, 5) is 42.9. The quantitative estimate of drug-likeness (QED) is 0.205. The molecule has 0 unspecified atom stereocenters. The van der Waals surface area contributed by atoms with Gasteiger partial charge in [0, 0.05) is 22.6 Å². The van der Waals surface area contributed by atoms with Gasteiger partial charge in [0.1, 0.15) is 11.6 Å². The van der Waals surface area contributed by atoms with Crippen molar-refractivity contribution >= 4 is 39.6 Å². The molecule has 0 spiro atoms. The molecule has 1 N–H and O–H groups in total. The Balaban J connectivity index is 1.93. The highest BCUT2D eigenvalue weighted by Gasteiger charge is 2.48. The van der Waals surface area contributed by atoms with E-state index in [0.29, 0.717) is 11.3 Å². The number of rotatable bonds is 4. The van der Waals surface area contributed by atoms with Crippen molar-refractivity contribution in [1.29, 1.82) is 0 Å². The topological polar surface area (TPSA) is 114 Å². The maximum atomic E-state index is 13.3. The Hall–Kier alpha value is -3.92. The van der Waals surface area contributed by atoms with Gasteiger partial charge in [0.25, 0.3) is 11.5 Å². The fourth-order valence-corrected chi connectivity index (χ4v) is 4.38. The van der Waals surface area contributed by atoms with E-state index in [2.05, 4.69) is 4.98 Å². The van der Waals surface area contributed by atoms with Gasteiger partial charge in [0.15, 0.2) is 5.13 Å². The zero-order valence-corrected chi connectivity index (χ0v) is 17.7. The third-order valence-electron chi connectivity index (χ3n) is 5.21. The second-order valence-corrected chi connectivity index (χ2v) is 8.34. The molecule has 2 aromatic carbocycles. The molecule has 8 nitrogen and oxygen atoms in total. The number of anilines is 1. The van der Waals surface area contributed by atoms with Crippen molar-refractivity contribution < 1.29 is 24.0 Å². The number of aromatic nitrogens is 1. The van der Waals surface area contributed by atoms with Crippen molar-refractivity contribution in [2.75, 3.05) is 4.90 Å². The summed E-state index contributed by atoms with van der Waals surface area (Å²) in [5, 5.41) is 22.2. The fourth-order valence-electron chi connectivity index (χ4n) is 3.45. The molecule has 1 aromatic heterocycles. The SMILES string of the molecule is Cc1nc(N2C(=O)C(=O)C(=C(O)c3ccc(F)cc3)[C@H]2c2ccc([N+](=O)[O-])cc2)sc1C. The summed E-state index contributed by atoms with van der Waals surface area (Å²) in [6.45, 7) is 3.60. The largest absolute Gasteiger partial charge is 0.507 e. The van der Waals surface area contributed by atoms with Crippen molar-refractivity contribution in [3.05, 3.63) is 91.7 Å². The first-order valence-corrected chi connectivity index (χ1v) is 10.3. The molecule has 1 saturated heterocycles. The monoisotopic (exact) mass is 453 g/mol. The second-order valence-electron chi connectivity index (χ2n) is 7.16. The Morgan fingerprint density at radius 1 is 1.12 bits per heavy atom. The van der Waals surface area contributed by atoms with Crippen LogP contribution in [0.15, 0.2) is 54.1 Å². The van der Waals surface area contributed by atoms with Crippen LogP contribution in [0.2, 0.25) is 0 Å². The van der Waals surface area contributed by atoms with Crippen LogP contribution >= 0.6 is 11.3 Å². The number of nitro groups is 1. The van der Waals surface area contributed by atoms with Crippen LogP contribution in [0.25, 0.3) is 5.76 Å². The molecule has 1 fully saturated rings. The number of hydrogen-bond acceptors (Lipinski definition) is 7. The molecule has 32 heavy (non-hydrogen) atoms. The number of carbonyl (C=O) groups is 2. The van der Waals surface area contributed by atoms with E-state index in [1.807, 2.05) is 6.92 Å². The molecule has 1 aliphatic rings. The molecule has 0 aliphatic carbocycles. The first-order valence-electron chi connectivity index (χ1n) is 9.44. The number of amides is 1. The number of non-ortho nitro benzene ring substituents is 1. The number of nitro benzene ring substituents is 1. The standard InChI is InChI=1S/C22H16FN3O5S/c1-11-12(2)32-22(24-11)25-18(13-5-9-16(10-6-13)26(30)31)17(20(28)21(25)29)19(27)14-3-7-15(23)8-4-14/h3-10,18,27H,1-2H3/t18-/m1/s1. The predicted octanol–water partition coefficient (Wildman–Crippen LogP) is 4.43. The third-order valence-corrected chi connectivity index (χ3v) is 6.28. The number of hydrogen-bond donors (Lipinski definition) is 1. The smallest absolute Gasteiger partial charge is 0.301 e. The van der Waals surface area contributed by atoms with Crippen molar-refractivity contribution in [3.63, 3.8) is 0 Å². The van der Waals surface area contributed by atoms with E-state index in [9.17, 15) is 29.2 Å². The van der Waals surface area contributed by atoms with Crippen molar-refractivity contribution in [2.24, 2.45) is 0 Å². The molecule has 10 heteroatoms. The third kappa shape index (κ3) is 3.54. The van der Waals surface area contributed by atoms with Crippen LogP contribution in [-0.4, -0.2) is 26.7 Å². The van der Waals surface area contributed by atoms with Gasteiger partial charge in [-0.05, 0) is 55.8 Å². The number of benzene rings is 2. The fraction of sp³-hybridized carbons (Fsp3) is 0.136. The average Bonchev–Trinajstić information content (AvgIpc) is 3.23. The summed E-state index contributed by atoms with van der Waals surface area (Å²) in [6, 6.07) is 9.13. The molecule has 1 atom stereocenters. The Kier molecular flexibility index (Phi) is 5.31. The first-order chi connectivity index (χ1) is 15.2. The lowest BCUT2D eigenvalue weighted by atomic mass is 9.95. The van der Waals surface area contributed by atoms with Crippen LogP contribution in [0.1, 0.15) is 27.7 Å². The molecule has 2 heterocycles. The van der Waals surface area contributed by atoms with Crippen LogP contribution < -0.4 is 4.90 Å². The number of aliphatic hydroxyl groups excluding tert-OH is 1. The Morgan fingerprint density at radius 2 is 1.75 bits per heavy atom. The number of nitrogens with zero attached hydrogens (tertiary/aromatic N) is 3. The number of aliphatic hydroxyl groups is 1. The highest BCUT2D eigenvalue weighted by Crippen LogP contribution is 2.43. The zero-order valence-electron chi connectivity index (χ0n) is 16.9.